The zero-order valence-electron chi connectivity index (χ0n) is 14.8. The number of ether oxygens (including phenoxy) is 1. The first-order chi connectivity index (χ1) is 12.4. The fourth-order valence-corrected chi connectivity index (χ4v) is 2.96. The number of aromatic nitrogens is 2. The maximum atomic E-state index is 12.8. The maximum Gasteiger partial charge on any atom is 0.337 e. The predicted octanol–water partition coefficient (Wildman–Crippen LogP) is 1.22. The van der Waals surface area contributed by atoms with Gasteiger partial charge in [0.1, 0.15) is 0 Å². The van der Waals surface area contributed by atoms with Gasteiger partial charge in [-0.05, 0) is 32.9 Å². The molecule has 2 heterocycles. The Morgan fingerprint density at radius 2 is 2.12 bits per heavy atom. The minimum Gasteiger partial charge on any atom is -0.463 e. The molecule has 0 bridgehead atoms. The molecular weight excluding hydrogens is 336 g/mol. The number of hydrogen-bond acceptors (Lipinski definition) is 5. The van der Waals surface area contributed by atoms with Crippen LogP contribution in [0.25, 0.3) is 10.9 Å². The number of benzene rings is 1. The Labute approximate surface area is 149 Å². The van der Waals surface area contributed by atoms with Crippen LogP contribution < -0.4 is 16.2 Å². The second-order valence-corrected chi connectivity index (χ2v) is 6.13. The lowest BCUT2D eigenvalue weighted by molar-refractivity contribution is -0.139. The Morgan fingerprint density at radius 3 is 2.85 bits per heavy atom. The molecule has 0 spiro atoms. The number of aryl methyl sites for hydroxylation is 1. The second kappa shape index (κ2) is 6.99. The molecule has 0 saturated carbocycles. The molecule has 0 fully saturated rings. The number of fused-ring (bicyclic) bond motifs is 1. The number of rotatable bonds is 4. The molecular formula is C18H20N4O4. The zero-order valence-corrected chi connectivity index (χ0v) is 14.8. The molecule has 1 aromatic carbocycles. The second-order valence-electron chi connectivity index (χ2n) is 6.13. The van der Waals surface area contributed by atoms with Gasteiger partial charge in [-0.3, -0.25) is 9.36 Å². The van der Waals surface area contributed by atoms with Gasteiger partial charge in [0.25, 0.3) is 5.56 Å². The molecule has 1 aromatic heterocycles. The van der Waals surface area contributed by atoms with Crippen LogP contribution in [0.4, 0.5) is 4.79 Å². The van der Waals surface area contributed by atoms with Crippen LogP contribution in [0.3, 0.4) is 0 Å². The average Bonchev–Trinajstić information content (AvgIpc) is 2.57. The summed E-state index contributed by atoms with van der Waals surface area (Å²) in [6, 6.07) is 4.48. The van der Waals surface area contributed by atoms with Crippen molar-refractivity contribution in [3.05, 3.63) is 51.7 Å². The highest BCUT2D eigenvalue weighted by molar-refractivity contribution is 5.94. The molecule has 1 aliphatic rings. The number of urea groups is 1. The Morgan fingerprint density at radius 1 is 1.35 bits per heavy atom. The summed E-state index contributed by atoms with van der Waals surface area (Å²) in [5.41, 5.74) is 1.93. The van der Waals surface area contributed by atoms with Gasteiger partial charge in [-0.2, -0.15) is 0 Å². The highest BCUT2D eigenvalue weighted by Gasteiger charge is 2.30. The summed E-state index contributed by atoms with van der Waals surface area (Å²) in [7, 11) is 0. The number of nitrogens with zero attached hydrogens (tertiary/aromatic N) is 2. The number of amides is 2. The number of nitrogens with one attached hydrogen (secondary N) is 2. The normalized spacial score (nSPS) is 17.0. The van der Waals surface area contributed by atoms with Gasteiger partial charge in [0.15, 0.2) is 0 Å². The molecule has 2 aromatic rings. The van der Waals surface area contributed by atoms with Crippen LogP contribution in [-0.4, -0.2) is 34.2 Å². The van der Waals surface area contributed by atoms with E-state index < -0.39 is 18.0 Å². The molecule has 1 unspecified atom stereocenters. The van der Waals surface area contributed by atoms with Gasteiger partial charge in [-0.1, -0.05) is 11.6 Å². The van der Waals surface area contributed by atoms with Crippen LogP contribution in [0, 0.1) is 6.92 Å². The monoisotopic (exact) mass is 356 g/mol. The Hall–Kier alpha value is -3.16. The summed E-state index contributed by atoms with van der Waals surface area (Å²) in [6.07, 6.45) is 1.41. The molecule has 2 N–H and O–H groups in total. The van der Waals surface area contributed by atoms with E-state index in [1.54, 1.807) is 26.0 Å². The Balaban J connectivity index is 2.07. The first-order valence-corrected chi connectivity index (χ1v) is 8.34. The van der Waals surface area contributed by atoms with Crippen molar-refractivity contribution in [3.63, 3.8) is 0 Å². The van der Waals surface area contributed by atoms with Crippen LogP contribution >= 0.6 is 0 Å². The largest absolute Gasteiger partial charge is 0.463 e. The van der Waals surface area contributed by atoms with Crippen molar-refractivity contribution in [1.82, 2.24) is 20.2 Å². The van der Waals surface area contributed by atoms with Crippen LogP contribution in [0.2, 0.25) is 0 Å². The summed E-state index contributed by atoms with van der Waals surface area (Å²) in [5.74, 6) is -0.528. The Kier molecular flexibility index (Phi) is 4.75. The third-order valence-electron chi connectivity index (χ3n) is 4.17. The van der Waals surface area contributed by atoms with Crippen LogP contribution in [-0.2, 0) is 16.1 Å². The van der Waals surface area contributed by atoms with E-state index in [0.29, 0.717) is 22.2 Å². The first-order valence-electron chi connectivity index (χ1n) is 8.34. The van der Waals surface area contributed by atoms with Crippen molar-refractivity contribution in [2.75, 3.05) is 6.61 Å². The quantitative estimate of drug-likeness (QED) is 0.802. The number of carbonyl (C=O) groups excluding carboxylic acids is 2. The lowest BCUT2D eigenvalue weighted by atomic mass is 10.0. The highest BCUT2D eigenvalue weighted by Crippen LogP contribution is 2.16. The zero-order chi connectivity index (χ0) is 18.8. The van der Waals surface area contributed by atoms with E-state index in [9.17, 15) is 14.4 Å². The van der Waals surface area contributed by atoms with E-state index in [0.717, 1.165) is 5.56 Å². The predicted molar refractivity (Wildman–Crippen MR) is 95.5 cm³/mol. The SMILES string of the molecule is CCOC(=O)C1=C(Cn2cnc3ccc(C)cc3c2=O)NC(=O)NC1C. The minimum atomic E-state index is -0.528. The van der Waals surface area contributed by atoms with E-state index >= 15 is 0 Å². The lowest BCUT2D eigenvalue weighted by Gasteiger charge is -2.26. The van der Waals surface area contributed by atoms with E-state index in [-0.39, 0.29) is 18.7 Å². The van der Waals surface area contributed by atoms with Crippen molar-refractivity contribution in [3.8, 4) is 0 Å². The van der Waals surface area contributed by atoms with Crippen molar-refractivity contribution >= 4 is 22.9 Å². The fraction of sp³-hybridized carbons (Fsp3) is 0.333. The van der Waals surface area contributed by atoms with Gasteiger partial charge in [0.05, 0.1) is 47.7 Å². The van der Waals surface area contributed by atoms with Crippen molar-refractivity contribution in [2.45, 2.75) is 33.4 Å². The molecule has 8 nitrogen and oxygen atoms in total. The number of hydrogen-bond donors (Lipinski definition) is 2. The van der Waals surface area contributed by atoms with Crippen LogP contribution in [0.1, 0.15) is 19.4 Å². The van der Waals surface area contributed by atoms with Gasteiger partial charge in [-0.15, -0.1) is 0 Å². The van der Waals surface area contributed by atoms with Crippen LogP contribution in [0.5, 0.6) is 0 Å². The number of carbonyl (C=O) groups is 2. The molecule has 1 aliphatic heterocycles. The smallest absolute Gasteiger partial charge is 0.337 e. The summed E-state index contributed by atoms with van der Waals surface area (Å²) in [6.45, 7) is 5.52. The first kappa shape index (κ1) is 17.7. The molecule has 0 saturated heterocycles. The third-order valence-corrected chi connectivity index (χ3v) is 4.17. The standard InChI is InChI=1S/C18H20N4O4/c1-4-26-17(24)15-11(3)20-18(25)21-14(15)8-22-9-19-13-6-5-10(2)7-12(13)16(22)23/h5-7,9,11H,4,8H2,1-3H3,(H2,20,21,25). The van der Waals surface area contributed by atoms with Gasteiger partial charge < -0.3 is 15.4 Å². The lowest BCUT2D eigenvalue weighted by Crippen LogP contribution is -2.50. The van der Waals surface area contributed by atoms with Gasteiger partial charge in [-0.25, -0.2) is 14.6 Å². The third kappa shape index (κ3) is 3.30. The van der Waals surface area contributed by atoms with E-state index in [1.165, 1.54) is 10.9 Å². The Bertz CT molecular complexity index is 977. The molecule has 1 atom stereocenters. The summed E-state index contributed by atoms with van der Waals surface area (Å²) in [5, 5.41) is 5.72. The fourth-order valence-electron chi connectivity index (χ4n) is 2.96. The topological polar surface area (TPSA) is 102 Å². The summed E-state index contributed by atoms with van der Waals surface area (Å²) < 4.78 is 6.45. The maximum absolute atomic E-state index is 12.8. The average molecular weight is 356 g/mol. The molecule has 0 radical (unpaired) electrons. The van der Waals surface area contributed by atoms with E-state index in [2.05, 4.69) is 15.6 Å². The minimum absolute atomic E-state index is 0.0155. The molecule has 0 aliphatic carbocycles. The van der Waals surface area contributed by atoms with Crippen molar-refractivity contribution < 1.29 is 14.3 Å². The summed E-state index contributed by atoms with van der Waals surface area (Å²) >= 11 is 0. The molecule has 3 rings (SSSR count). The molecule has 136 valence electrons. The van der Waals surface area contributed by atoms with Crippen molar-refractivity contribution in [1.29, 1.82) is 0 Å². The van der Waals surface area contributed by atoms with Crippen molar-refractivity contribution in [2.24, 2.45) is 0 Å². The highest BCUT2D eigenvalue weighted by atomic mass is 16.5. The number of esters is 1. The van der Waals surface area contributed by atoms with Crippen LogP contribution in [0.15, 0.2) is 40.6 Å². The van der Waals surface area contributed by atoms with Gasteiger partial charge in [0, 0.05) is 0 Å². The number of allylic oxidation sites excluding steroid dienone is 1. The molecule has 2 amide bonds. The van der Waals surface area contributed by atoms with E-state index in [1.807, 2.05) is 13.0 Å². The molecule has 26 heavy (non-hydrogen) atoms. The van der Waals surface area contributed by atoms with E-state index in [4.69, 9.17) is 4.74 Å². The summed E-state index contributed by atoms with van der Waals surface area (Å²) in [4.78, 5) is 41.2. The van der Waals surface area contributed by atoms with Gasteiger partial charge in [0.2, 0.25) is 0 Å². The van der Waals surface area contributed by atoms with Gasteiger partial charge >= 0.3 is 12.0 Å². The molecule has 8 heteroatoms.